The van der Waals surface area contributed by atoms with Crippen molar-refractivity contribution >= 4 is 30.0 Å². The Labute approximate surface area is 180 Å². The van der Waals surface area contributed by atoms with Crippen LogP contribution in [0.1, 0.15) is 24.5 Å². The van der Waals surface area contributed by atoms with Gasteiger partial charge in [-0.25, -0.2) is 0 Å². The molecule has 158 valence electrons. The lowest BCUT2D eigenvalue weighted by molar-refractivity contribution is -0.111. The van der Waals surface area contributed by atoms with E-state index >= 15 is 0 Å². The van der Waals surface area contributed by atoms with Crippen LogP contribution in [0, 0.1) is 10.8 Å². The molecular weight excluding hydrogens is 392 g/mol. The Hall–Kier alpha value is -4.07. The van der Waals surface area contributed by atoms with E-state index in [1.54, 1.807) is 24.7 Å². The minimum absolute atomic E-state index is 0.0503. The van der Waals surface area contributed by atoms with Gasteiger partial charge in [0.2, 0.25) is 5.91 Å². The molecule has 0 atom stereocenters. The molecule has 1 amide bonds. The molecule has 0 unspecified atom stereocenters. The minimum atomic E-state index is -0.243. The van der Waals surface area contributed by atoms with Crippen molar-refractivity contribution in [1.29, 1.82) is 10.8 Å². The Bertz CT molecular complexity index is 1090. The Morgan fingerprint density at radius 3 is 2.74 bits per heavy atom. The highest BCUT2D eigenvalue weighted by Crippen LogP contribution is 2.23. The van der Waals surface area contributed by atoms with E-state index in [0.717, 1.165) is 35.2 Å². The Balaban J connectivity index is 1.61. The molecule has 0 saturated heterocycles. The molecule has 0 fully saturated rings. The number of benzene rings is 1. The highest BCUT2D eigenvalue weighted by molar-refractivity contribution is 6.02. The summed E-state index contributed by atoms with van der Waals surface area (Å²) in [6.07, 6.45) is 12.2. The maximum absolute atomic E-state index is 12.4. The zero-order chi connectivity index (χ0) is 22.1. The first-order valence-corrected chi connectivity index (χ1v) is 9.87. The Morgan fingerprint density at radius 1 is 1.23 bits per heavy atom. The molecule has 0 aliphatic carbocycles. The topological polar surface area (TPSA) is 117 Å². The number of pyridine rings is 1. The second-order valence-electron chi connectivity index (χ2n) is 6.73. The third-order valence-electron chi connectivity index (χ3n) is 4.60. The molecule has 2 aromatic heterocycles. The molecule has 0 bridgehead atoms. The molecule has 0 aliphatic rings. The van der Waals surface area contributed by atoms with E-state index in [1.165, 1.54) is 6.08 Å². The molecule has 31 heavy (non-hydrogen) atoms. The van der Waals surface area contributed by atoms with E-state index in [2.05, 4.69) is 15.4 Å². The first-order valence-electron chi connectivity index (χ1n) is 9.87. The Morgan fingerprint density at radius 2 is 2.03 bits per heavy atom. The van der Waals surface area contributed by atoms with Gasteiger partial charge in [-0.2, -0.15) is 5.10 Å². The number of hydrogen-bond donors (Lipinski definition) is 3. The zero-order valence-corrected chi connectivity index (χ0v) is 17.2. The number of carbonyl (C=O) groups excluding carboxylic acids is 1. The standard InChI is InChI=1S/C23H24N6O2/c1-2-29-15-19(14-27-29)21-11-12-26-13-18(21)6-10-23(30)28-20-7-3-17(4-8-20)5-9-22(25)31-16-24/h3-4,6-8,10-16,24-25H,2,5,9H2,1H3,(H,28,30)/b10-6+,24-16?,25-22?. The van der Waals surface area contributed by atoms with Crippen molar-refractivity contribution in [2.75, 3.05) is 5.32 Å². The van der Waals surface area contributed by atoms with Crippen LogP contribution in [0.15, 0.2) is 61.2 Å². The lowest BCUT2D eigenvalue weighted by Gasteiger charge is -2.06. The average molecular weight is 416 g/mol. The van der Waals surface area contributed by atoms with Gasteiger partial charge in [-0.1, -0.05) is 12.1 Å². The number of aromatic nitrogens is 3. The molecular formula is C23H24N6O2. The van der Waals surface area contributed by atoms with E-state index < -0.39 is 0 Å². The molecule has 0 aliphatic heterocycles. The lowest BCUT2D eigenvalue weighted by atomic mass is 10.0. The highest BCUT2D eigenvalue weighted by atomic mass is 16.5. The fourth-order valence-electron chi connectivity index (χ4n) is 2.97. The quantitative estimate of drug-likeness (QED) is 0.276. The molecule has 2 heterocycles. The van der Waals surface area contributed by atoms with Crippen molar-refractivity contribution in [3.05, 3.63) is 72.3 Å². The summed E-state index contributed by atoms with van der Waals surface area (Å²) in [5.74, 6) is -0.192. The first-order chi connectivity index (χ1) is 15.1. The van der Waals surface area contributed by atoms with Crippen molar-refractivity contribution in [2.45, 2.75) is 26.3 Å². The number of amides is 1. The maximum Gasteiger partial charge on any atom is 0.248 e. The normalized spacial score (nSPS) is 10.7. The maximum atomic E-state index is 12.4. The SMILES string of the molecule is CCn1cc(-c2ccncc2/C=C/C(=O)Nc2ccc(CCC(=N)OC=N)cc2)cn1. The number of hydrogen-bond acceptors (Lipinski definition) is 6. The summed E-state index contributed by atoms with van der Waals surface area (Å²) in [7, 11) is 0. The van der Waals surface area contributed by atoms with Gasteiger partial charge in [0.05, 0.1) is 6.20 Å². The predicted molar refractivity (Wildman–Crippen MR) is 121 cm³/mol. The number of carbonyl (C=O) groups is 1. The van der Waals surface area contributed by atoms with Crippen molar-refractivity contribution in [2.24, 2.45) is 0 Å². The van der Waals surface area contributed by atoms with Gasteiger partial charge in [0.1, 0.15) is 0 Å². The summed E-state index contributed by atoms with van der Waals surface area (Å²) in [5.41, 5.74) is 4.46. The molecule has 8 heteroatoms. The molecule has 8 nitrogen and oxygen atoms in total. The van der Waals surface area contributed by atoms with Crippen LogP contribution in [0.5, 0.6) is 0 Å². The zero-order valence-electron chi connectivity index (χ0n) is 17.2. The summed E-state index contributed by atoms with van der Waals surface area (Å²) in [6.45, 7) is 2.82. The van der Waals surface area contributed by atoms with Crippen LogP contribution in [0.25, 0.3) is 17.2 Å². The van der Waals surface area contributed by atoms with E-state index in [4.69, 9.17) is 15.6 Å². The van der Waals surface area contributed by atoms with Gasteiger partial charge in [0.25, 0.3) is 0 Å². The van der Waals surface area contributed by atoms with Crippen LogP contribution in [-0.2, 0) is 22.5 Å². The monoisotopic (exact) mass is 416 g/mol. The smallest absolute Gasteiger partial charge is 0.248 e. The molecule has 3 N–H and O–H groups in total. The highest BCUT2D eigenvalue weighted by Gasteiger charge is 2.06. The lowest BCUT2D eigenvalue weighted by Crippen LogP contribution is -2.08. The van der Waals surface area contributed by atoms with Crippen LogP contribution < -0.4 is 5.32 Å². The minimum Gasteiger partial charge on any atom is -0.433 e. The van der Waals surface area contributed by atoms with Gasteiger partial charge >= 0.3 is 0 Å². The average Bonchev–Trinajstić information content (AvgIpc) is 3.27. The number of anilines is 1. The van der Waals surface area contributed by atoms with Gasteiger partial charge in [0, 0.05) is 54.4 Å². The van der Waals surface area contributed by atoms with Crippen LogP contribution in [0.2, 0.25) is 0 Å². The number of rotatable bonds is 9. The fraction of sp³-hybridized carbons (Fsp3) is 0.174. The summed E-state index contributed by atoms with van der Waals surface area (Å²) < 4.78 is 6.55. The van der Waals surface area contributed by atoms with Crippen molar-refractivity contribution in [3.63, 3.8) is 0 Å². The third-order valence-corrected chi connectivity index (χ3v) is 4.60. The summed E-state index contributed by atoms with van der Waals surface area (Å²) in [5, 5.41) is 21.5. The molecule has 1 aromatic carbocycles. The van der Waals surface area contributed by atoms with Crippen LogP contribution in [0.4, 0.5) is 5.69 Å². The van der Waals surface area contributed by atoms with Gasteiger partial charge in [0.15, 0.2) is 12.3 Å². The Kier molecular flexibility index (Phi) is 7.42. The first kappa shape index (κ1) is 21.6. The van der Waals surface area contributed by atoms with Crippen molar-refractivity contribution in [1.82, 2.24) is 14.8 Å². The summed E-state index contributed by atoms with van der Waals surface area (Å²) in [6, 6.07) is 9.32. The largest absolute Gasteiger partial charge is 0.433 e. The predicted octanol–water partition coefficient (Wildman–Crippen LogP) is 4.15. The second-order valence-corrected chi connectivity index (χ2v) is 6.73. The van der Waals surface area contributed by atoms with Crippen molar-refractivity contribution < 1.29 is 9.53 Å². The van der Waals surface area contributed by atoms with E-state index in [0.29, 0.717) is 18.5 Å². The second kappa shape index (κ2) is 10.6. The van der Waals surface area contributed by atoms with E-state index in [9.17, 15) is 4.79 Å². The fourth-order valence-corrected chi connectivity index (χ4v) is 2.97. The number of ether oxygens (including phenoxy) is 1. The molecule has 0 radical (unpaired) electrons. The number of nitrogens with zero attached hydrogens (tertiary/aromatic N) is 3. The van der Waals surface area contributed by atoms with Crippen molar-refractivity contribution in [3.8, 4) is 11.1 Å². The third kappa shape index (κ3) is 6.20. The van der Waals surface area contributed by atoms with Gasteiger partial charge in [-0.15, -0.1) is 0 Å². The molecule has 0 spiro atoms. The van der Waals surface area contributed by atoms with E-state index in [1.807, 2.05) is 48.1 Å². The van der Waals surface area contributed by atoms with Gasteiger partial charge < -0.3 is 10.1 Å². The van der Waals surface area contributed by atoms with Crippen LogP contribution in [0.3, 0.4) is 0 Å². The molecule has 3 aromatic rings. The molecule has 3 rings (SSSR count). The summed E-state index contributed by atoms with van der Waals surface area (Å²) >= 11 is 0. The van der Waals surface area contributed by atoms with Gasteiger partial charge in [-0.3, -0.25) is 25.3 Å². The number of nitrogens with one attached hydrogen (secondary N) is 3. The van der Waals surface area contributed by atoms with Crippen LogP contribution >= 0.6 is 0 Å². The van der Waals surface area contributed by atoms with Crippen LogP contribution in [-0.4, -0.2) is 33.0 Å². The van der Waals surface area contributed by atoms with E-state index in [-0.39, 0.29) is 11.8 Å². The molecule has 0 saturated carbocycles. The van der Waals surface area contributed by atoms with Gasteiger partial charge in [-0.05, 0) is 48.7 Å². The summed E-state index contributed by atoms with van der Waals surface area (Å²) in [4.78, 5) is 16.5. The number of aryl methyl sites for hydroxylation is 2.